The van der Waals surface area contributed by atoms with E-state index < -0.39 is 0 Å². The number of aromatic nitrogens is 2. The van der Waals surface area contributed by atoms with E-state index in [1.54, 1.807) is 14.2 Å². The number of methoxy groups -OCH3 is 2. The molecule has 0 bridgehead atoms. The second-order valence-corrected chi connectivity index (χ2v) is 6.57. The molecule has 27 heavy (non-hydrogen) atoms. The molecule has 1 saturated heterocycles. The number of nitrogens with one attached hydrogen (secondary N) is 1. The van der Waals surface area contributed by atoms with Crippen molar-refractivity contribution in [1.29, 1.82) is 0 Å². The molecule has 0 saturated carbocycles. The Morgan fingerprint density at radius 1 is 1.26 bits per heavy atom. The molecule has 0 unspecified atom stereocenters. The Morgan fingerprint density at radius 2 is 2.00 bits per heavy atom. The summed E-state index contributed by atoms with van der Waals surface area (Å²) in [5.74, 6) is 2.13. The molecule has 0 aliphatic carbocycles. The van der Waals surface area contributed by atoms with E-state index in [-0.39, 0.29) is 11.8 Å². The zero-order valence-corrected chi connectivity index (χ0v) is 15.8. The van der Waals surface area contributed by atoms with Crippen molar-refractivity contribution in [3.05, 3.63) is 30.2 Å². The molecule has 0 radical (unpaired) electrons. The Labute approximate surface area is 158 Å². The smallest absolute Gasteiger partial charge is 0.241 e. The lowest BCUT2D eigenvalue weighted by Gasteiger charge is -2.30. The third-order valence-electron chi connectivity index (χ3n) is 4.74. The van der Waals surface area contributed by atoms with Crippen LogP contribution >= 0.6 is 0 Å². The molecule has 1 aliphatic heterocycles. The first kappa shape index (κ1) is 19.3. The largest absolute Gasteiger partial charge is 0.497 e. The molecule has 0 atom stereocenters. The fourth-order valence-electron chi connectivity index (χ4n) is 3.14. The normalized spacial score (nSPS) is 15.6. The monoisotopic (exact) mass is 374 g/mol. The van der Waals surface area contributed by atoms with Crippen LogP contribution in [0.1, 0.15) is 18.7 Å². The van der Waals surface area contributed by atoms with E-state index in [1.807, 2.05) is 24.3 Å². The number of nitrogens with zero attached hydrogens (tertiary/aromatic N) is 3. The number of hydrogen-bond acceptors (Lipinski definition) is 7. The van der Waals surface area contributed by atoms with Crippen LogP contribution in [0.3, 0.4) is 0 Å². The van der Waals surface area contributed by atoms with Gasteiger partial charge in [0.25, 0.3) is 0 Å². The number of ether oxygens (including phenoxy) is 2. The predicted molar refractivity (Wildman–Crippen MR) is 99.2 cm³/mol. The van der Waals surface area contributed by atoms with Crippen molar-refractivity contribution in [2.24, 2.45) is 5.92 Å². The van der Waals surface area contributed by atoms with Gasteiger partial charge in [0.05, 0.1) is 20.3 Å². The van der Waals surface area contributed by atoms with E-state index in [0.717, 1.165) is 37.2 Å². The second kappa shape index (κ2) is 9.48. The molecular formula is C19H26N4O4. The number of hydrogen-bond donors (Lipinski definition) is 1. The van der Waals surface area contributed by atoms with E-state index in [9.17, 15) is 4.79 Å². The maximum Gasteiger partial charge on any atom is 0.241 e. The van der Waals surface area contributed by atoms with Crippen molar-refractivity contribution in [3.8, 4) is 17.1 Å². The van der Waals surface area contributed by atoms with Crippen molar-refractivity contribution in [1.82, 2.24) is 20.4 Å². The lowest BCUT2D eigenvalue weighted by molar-refractivity contribution is -0.126. The summed E-state index contributed by atoms with van der Waals surface area (Å²) in [4.78, 5) is 18.8. The van der Waals surface area contributed by atoms with E-state index in [1.165, 1.54) is 0 Å². The lowest BCUT2D eigenvalue weighted by Crippen LogP contribution is -2.41. The molecule has 146 valence electrons. The summed E-state index contributed by atoms with van der Waals surface area (Å²) in [6.07, 6.45) is 1.66. The highest BCUT2D eigenvalue weighted by atomic mass is 16.5. The van der Waals surface area contributed by atoms with Gasteiger partial charge in [0, 0.05) is 25.1 Å². The molecule has 1 aromatic heterocycles. The van der Waals surface area contributed by atoms with Gasteiger partial charge in [0.1, 0.15) is 5.75 Å². The van der Waals surface area contributed by atoms with E-state index in [0.29, 0.717) is 31.4 Å². The van der Waals surface area contributed by atoms with Gasteiger partial charge in [-0.05, 0) is 50.2 Å². The predicted octanol–water partition coefficient (Wildman–Crippen LogP) is 1.72. The quantitative estimate of drug-likeness (QED) is 0.704. The average molecular weight is 374 g/mol. The van der Waals surface area contributed by atoms with Crippen LogP contribution in [0.2, 0.25) is 0 Å². The van der Waals surface area contributed by atoms with Crippen LogP contribution in [0.4, 0.5) is 0 Å². The molecule has 2 heterocycles. The molecule has 0 spiro atoms. The van der Waals surface area contributed by atoms with Gasteiger partial charge >= 0.3 is 0 Å². The van der Waals surface area contributed by atoms with Crippen LogP contribution in [-0.4, -0.2) is 61.4 Å². The molecule has 1 aromatic carbocycles. The van der Waals surface area contributed by atoms with Crippen molar-refractivity contribution < 1.29 is 18.8 Å². The Balaban J connectivity index is 1.48. The average Bonchev–Trinajstić information content (AvgIpc) is 3.17. The summed E-state index contributed by atoms with van der Waals surface area (Å²) in [5, 5.41) is 6.98. The van der Waals surface area contributed by atoms with Crippen molar-refractivity contribution in [3.63, 3.8) is 0 Å². The van der Waals surface area contributed by atoms with Crippen LogP contribution in [-0.2, 0) is 16.1 Å². The standard InChI is InChI=1S/C19H26N4O4/c1-25-12-9-20-19(24)15-7-10-23(11-8-15)13-17-21-18(22-27-17)14-3-5-16(26-2)6-4-14/h3-6,15H,7-13H2,1-2H3,(H,20,24). The second-order valence-electron chi connectivity index (χ2n) is 6.57. The highest BCUT2D eigenvalue weighted by Crippen LogP contribution is 2.22. The first-order valence-electron chi connectivity index (χ1n) is 9.15. The van der Waals surface area contributed by atoms with Gasteiger partial charge in [-0.25, -0.2) is 0 Å². The summed E-state index contributed by atoms with van der Waals surface area (Å²) in [7, 11) is 3.26. The first-order valence-corrected chi connectivity index (χ1v) is 9.15. The molecule has 1 aliphatic rings. The van der Waals surface area contributed by atoms with E-state index in [2.05, 4.69) is 20.4 Å². The summed E-state index contributed by atoms with van der Waals surface area (Å²) in [6, 6.07) is 7.55. The minimum Gasteiger partial charge on any atom is -0.497 e. The zero-order valence-electron chi connectivity index (χ0n) is 15.8. The Morgan fingerprint density at radius 3 is 2.67 bits per heavy atom. The zero-order chi connectivity index (χ0) is 19.1. The molecule has 1 fully saturated rings. The number of carbonyl (C=O) groups excluding carboxylic acids is 1. The van der Waals surface area contributed by atoms with Gasteiger partial charge < -0.3 is 19.3 Å². The third kappa shape index (κ3) is 5.27. The SMILES string of the molecule is COCCNC(=O)C1CCN(Cc2nc(-c3ccc(OC)cc3)no2)CC1. The van der Waals surface area contributed by atoms with Crippen LogP contribution in [0.25, 0.3) is 11.4 Å². The summed E-state index contributed by atoms with van der Waals surface area (Å²) >= 11 is 0. The Bertz CT molecular complexity index is 724. The number of carbonyl (C=O) groups is 1. The Kier molecular flexibility index (Phi) is 6.78. The van der Waals surface area contributed by atoms with Gasteiger partial charge in [0.2, 0.25) is 17.6 Å². The maximum atomic E-state index is 12.1. The number of rotatable bonds is 8. The number of benzene rings is 1. The molecule has 3 rings (SSSR count). The van der Waals surface area contributed by atoms with Gasteiger partial charge in [-0.3, -0.25) is 9.69 Å². The molecular weight excluding hydrogens is 348 g/mol. The van der Waals surface area contributed by atoms with Crippen LogP contribution in [0.15, 0.2) is 28.8 Å². The molecule has 8 heteroatoms. The fraction of sp³-hybridized carbons (Fsp3) is 0.526. The van der Waals surface area contributed by atoms with Crippen LogP contribution in [0.5, 0.6) is 5.75 Å². The topological polar surface area (TPSA) is 89.7 Å². The summed E-state index contributed by atoms with van der Waals surface area (Å²) in [5.41, 5.74) is 0.886. The van der Waals surface area contributed by atoms with Crippen molar-refractivity contribution in [2.75, 3.05) is 40.5 Å². The van der Waals surface area contributed by atoms with Crippen molar-refractivity contribution >= 4 is 5.91 Å². The molecule has 8 nitrogen and oxygen atoms in total. The van der Waals surface area contributed by atoms with E-state index in [4.69, 9.17) is 14.0 Å². The highest BCUT2D eigenvalue weighted by Gasteiger charge is 2.25. The highest BCUT2D eigenvalue weighted by molar-refractivity contribution is 5.78. The van der Waals surface area contributed by atoms with Gasteiger partial charge in [-0.2, -0.15) is 4.98 Å². The van der Waals surface area contributed by atoms with E-state index >= 15 is 0 Å². The van der Waals surface area contributed by atoms with Gasteiger partial charge in [-0.15, -0.1) is 0 Å². The van der Waals surface area contributed by atoms with Gasteiger partial charge in [0.15, 0.2) is 0 Å². The summed E-state index contributed by atoms with van der Waals surface area (Å²) in [6.45, 7) is 3.37. The molecule has 2 aromatic rings. The summed E-state index contributed by atoms with van der Waals surface area (Å²) < 4.78 is 15.5. The number of likely N-dealkylation sites (tertiary alicyclic amines) is 1. The van der Waals surface area contributed by atoms with Crippen molar-refractivity contribution in [2.45, 2.75) is 19.4 Å². The van der Waals surface area contributed by atoms with Gasteiger partial charge in [-0.1, -0.05) is 5.16 Å². The minimum absolute atomic E-state index is 0.0654. The molecule has 1 amide bonds. The third-order valence-corrected chi connectivity index (χ3v) is 4.74. The fourth-order valence-corrected chi connectivity index (χ4v) is 3.14. The van der Waals surface area contributed by atoms with Crippen LogP contribution in [0, 0.1) is 5.92 Å². The number of amides is 1. The maximum absolute atomic E-state index is 12.1. The molecule has 1 N–H and O–H groups in total. The van der Waals surface area contributed by atoms with Crippen LogP contribution < -0.4 is 10.1 Å². The first-order chi connectivity index (χ1) is 13.2. The number of piperidine rings is 1. The lowest BCUT2D eigenvalue weighted by atomic mass is 9.96. The minimum atomic E-state index is 0.0654. The Hall–Kier alpha value is -2.45.